The molecule has 0 unspecified atom stereocenters. The fourth-order valence-corrected chi connectivity index (χ4v) is 4.24. The van der Waals surface area contributed by atoms with Gasteiger partial charge in [-0.05, 0) is 31.3 Å². The number of likely N-dealkylation sites (N-methyl/N-ethyl adjacent to an activating group) is 1. The number of aromatic nitrogens is 2. The van der Waals surface area contributed by atoms with Gasteiger partial charge in [-0.25, -0.2) is 4.98 Å². The van der Waals surface area contributed by atoms with Gasteiger partial charge < -0.3 is 29.7 Å². The molecule has 0 amide bonds. The number of benzene rings is 2. The van der Waals surface area contributed by atoms with Crippen LogP contribution in [0, 0.1) is 11.3 Å². The monoisotopic (exact) mass is 487 g/mol. The van der Waals surface area contributed by atoms with E-state index in [-0.39, 0.29) is 0 Å². The molecule has 10 heteroatoms. The van der Waals surface area contributed by atoms with Gasteiger partial charge in [-0.3, -0.25) is 4.90 Å². The van der Waals surface area contributed by atoms with Crippen LogP contribution in [0.4, 0.5) is 17.2 Å². The summed E-state index contributed by atoms with van der Waals surface area (Å²) >= 11 is 0. The lowest BCUT2D eigenvalue weighted by Gasteiger charge is -2.32. The van der Waals surface area contributed by atoms with Gasteiger partial charge in [-0.15, -0.1) is 0 Å². The van der Waals surface area contributed by atoms with Gasteiger partial charge in [-0.1, -0.05) is 6.07 Å². The molecule has 2 aromatic carbocycles. The molecular formula is C26H29N7O3. The van der Waals surface area contributed by atoms with Crippen molar-refractivity contribution in [3.63, 3.8) is 0 Å². The van der Waals surface area contributed by atoms with E-state index in [0.717, 1.165) is 44.0 Å². The highest BCUT2D eigenvalue weighted by molar-refractivity contribution is 5.76. The summed E-state index contributed by atoms with van der Waals surface area (Å²) in [6.07, 6.45) is 1.44. The highest BCUT2D eigenvalue weighted by Crippen LogP contribution is 2.42. The molecule has 1 aromatic heterocycles. The zero-order chi connectivity index (χ0) is 24.9. The molecule has 0 spiro atoms. The van der Waals surface area contributed by atoms with Crippen LogP contribution in [0.1, 0.15) is 11.1 Å². The van der Waals surface area contributed by atoms with Crippen molar-refractivity contribution in [2.45, 2.75) is 6.54 Å². The number of nitrogens with one attached hydrogen (secondary N) is 2. The molecule has 0 bridgehead atoms. The second-order valence-electron chi connectivity index (χ2n) is 8.78. The minimum atomic E-state index is 0.397. The minimum absolute atomic E-state index is 0.397. The SMILES string of the molecule is COc1cc2c(cc1OCCN1CCN(C)CC1)CNc1c(Nc3cccc(C#N)c3)ncnc1O2. The van der Waals surface area contributed by atoms with E-state index in [0.29, 0.717) is 53.3 Å². The summed E-state index contributed by atoms with van der Waals surface area (Å²) in [6.45, 7) is 6.19. The average Bonchev–Trinajstić information content (AvgIpc) is 3.09. The van der Waals surface area contributed by atoms with E-state index in [2.05, 4.69) is 43.5 Å². The molecule has 1 saturated heterocycles. The Morgan fingerprint density at radius 3 is 2.81 bits per heavy atom. The Labute approximate surface area is 210 Å². The van der Waals surface area contributed by atoms with Gasteiger partial charge in [0.05, 0.1) is 18.7 Å². The number of hydrogen-bond acceptors (Lipinski definition) is 10. The second-order valence-corrected chi connectivity index (χ2v) is 8.78. The number of piperazine rings is 1. The molecule has 0 atom stereocenters. The van der Waals surface area contributed by atoms with Gasteiger partial charge in [0.25, 0.3) is 0 Å². The van der Waals surface area contributed by atoms with E-state index < -0.39 is 0 Å². The first-order chi connectivity index (χ1) is 17.6. The molecule has 0 saturated carbocycles. The Hall–Kier alpha value is -4.07. The summed E-state index contributed by atoms with van der Waals surface area (Å²) in [6, 6.07) is 13.1. The highest BCUT2D eigenvalue weighted by atomic mass is 16.5. The number of ether oxygens (including phenoxy) is 3. The first kappa shape index (κ1) is 23.7. The fourth-order valence-electron chi connectivity index (χ4n) is 4.24. The van der Waals surface area contributed by atoms with E-state index in [9.17, 15) is 5.26 Å². The molecule has 10 nitrogen and oxygen atoms in total. The Bertz CT molecular complexity index is 1270. The number of rotatable bonds is 7. The lowest BCUT2D eigenvalue weighted by atomic mass is 10.1. The van der Waals surface area contributed by atoms with Gasteiger partial charge in [0.15, 0.2) is 17.3 Å². The average molecular weight is 488 g/mol. The van der Waals surface area contributed by atoms with Crippen molar-refractivity contribution in [2.75, 3.05) is 64.1 Å². The normalized spacial score (nSPS) is 15.4. The number of nitrogens with zero attached hydrogens (tertiary/aromatic N) is 5. The molecule has 5 rings (SSSR count). The molecular weight excluding hydrogens is 458 g/mol. The molecule has 2 aliphatic heterocycles. The lowest BCUT2D eigenvalue weighted by molar-refractivity contribution is 0.132. The van der Waals surface area contributed by atoms with Gasteiger partial charge in [0, 0.05) is 56.6 Å². The van der Waals surface area contributed by atoms with E-state index >= 15 is 0 Å². The van der Waals surface area contributed by atoms with E-state index in [1.807, 2.05) is 24.3 Å². The van der Waals surface area contributed by atoms with Crippen LogP contribution in [0.15, 0.2) is 42.7 Å². The van der Waals surface area contributed by atoms with Gasteiger partial charge in [0.2, 0.25) is 5.88 Å². The van der Waals surface area contributed by atoms with Crippen LogP contribution >= 0.6 is 0 Å². The zero-order valence-corrected chi connectivity index (χ0v) is 20.5. The van der Waals surface area contributed by atoms with Gasteiger partial charge in [-0.2, -0.15) is 10.2 Å². The van der Waals surface area contributed by atoms with Crippen LogP contribution in [0.25, 0.3) is 0 Å². The Balaban J connectivity index is 1.31. The van der Waals surface area contributed by atoms with Crippen molar-refractivity contribution in [1.29, 1.82) is 5.26 Å². The van der Waals surface area contributed by atoms with Crippen LogP contribution in [0.3, 0.4) is 0 Å². The van der Waals surface area contributed by atoms with Crippen LogP contribution < -0.4 is 24.8 Å². The van der Waals surface area contributed by atoms with Gasteiger partial charge in [0.1, 0.15) is 24.4 Å². The van der Waals surface area contributed by atoms with Crippen LogP contribution in [-0.4, -0.2) is 73.3 Å². The third kappa shape index (κ3) is 5.27. The topological polar surface area (TPSA) is 108 Å². The standard InChI is InChI=1S/C26H29N7O3/c1-32-6-8-33(9-7-32)10-11-35-23-13-19-16-28-24-25(31-20-5-3-4-18(12-20)15-27)29-17-30-26(24)36-21(19)14-22(23)34-2/h3-5,12-14,17,28H,6-11,16H2,1-2H3,(H,29,30,31). The molecule has 2 N–H and O–H groups in total. The predicted octanol–water partition coefficient (Wildman–Crippen LogP) is 3.44. The predicted molar refractivity (Wildman–Crippen MR) is 136 cm³/mol. The third-order valence-corrected chi connectivity index (χ3v) is 6.34. The number of methoxy groups -OCH3 is 1. The Kier molecular flexibility index (Phi) is 7.02. The maximum atomic E-state index is 9.19. The third-order valence-electron chi connectivity index (χ3n) is 6.34. The summed E-state index contributed by atoms with van der Waals surface area (Å²) in [4.78, 5) is 13.5. The molecule has 1 fully saturated rings. The molecule has 0 aliphatic carbocycles. The van der Waals surface area contributed by atoms with Crippen LogP contribution in [-0.2, 0) is 6.54 Å². The molecule has 36 heavy (non-hydrogen) atoms. The first-order valence-corrected chi connectivity index (χ1v) is 11.9. The Morgan fingerprint density at radius 1 is 1.14 bits per heavy atom. The van der Waals surface area contributed by atoms with E-state index in [1.165, 1.54) is 6.33 Å². The largest absolute Gasteiger partial charge is 0.493 e. The van der Waals surface area contributed by atoms with E-state index in [4.69, 9.17) is 14.2 Å². The number of fused-ring (bicyclic) bond motifs is 2. The lowest BCUT2D eigenvalue weighted by Crippen LogP contribution is -2.45. The molecule has 2 aliphatic rings. The summed E-state index contributed by atoms with van der Waals surface area (Å²) in [5.41, 5.74) is 2.86. The van der Waals surface area contributed by atoms with Crippen molar-refractivity contribution in [3.05, 3.63) is 53.9 Å². The second kappa shape index (κ2) is 10.7. The zero-order valence-electron chi connectivity index (χ0n) is 20.5. The number of nitriles is 1. The summed E-state index contributed by atoms with van der Waals surface area (Å²) < 4.78 is 17.9. The van der Waals surface area contributed by atoms with Crippen molar-refractivity contribution in [3.8, 4) is 29.2 Å². The van der Waals surface area contributed by atoms with Crippen molar-refractivity contribution in [1.82, 2.24) is 19.8 Å². The Morgan fingerprint density at radius 2 is 2.00 bits per heavy atom. The summed E-state index contributed by atoms with van der Waals surface area (Å²) in [5.74, 6) is 2.88. The molecule has 0 radical (unpaired) electrons. The number of anilines is 3. The van der Waals surface area contributed by atoms with Crippen molar-refractivity contribution in [2.24, 2.45) is 0 Å². The molecule has 3 aromatic rings. The maximum Gasteiger partial charge on any atom is 0.248 e. The first-order valence-electron chi connectivity index (χ1n) is 11.9. The van der Waals surface area contributed by atoms with Crippen molar-refractivity contribution >= 4 is 17.2 Å². The maximum absolute atomic E-state index is 9.19. The fraction of sp³-hybridized carbons (Fsp3) is 0.346. The molecule has 3 heterocycles. The van der Waals surface area contributed by atoms with Crippen molar-refractivity contribution < 1.29 is 14.2 Å². The highest BCUT2D eigenvalue weighted by Gasteiger charge is 2.22. The van der Waals surface area contributed by atoms with E-state index in [1.54, 1.807) is 19.2 Å². The summed E-state index contributed by atoms with van der Waals surface area (Å²) in [7, 11) is 3.77. The minimum Gasteiger partial charge on any atom is -0.493 e. The molecule has 186 valence electrons. The van der Waals surface area contributed by atoms with Gasteiger partial charge >= 0.3 is 0 Å². The summed E-state index contributed by atoms with van der Waals surface area (Å²) in [5, 5.41) is 15.8. The quantitative estimate of drug-likeness (QED) is 0.514. The van der Waals surface area contributed by atoms with Crippen LogP contribution in [0.5, 0.6) is 23.1 Å². The smallest absolute Gasteiger partial charge is 0.248 e. The van der Waals surface area contributed by atoms with Crippen LogP contribution in [0.2, 0.25) is 0 Å². The number of hydrogen-bond donors (Lipinski definition) is 2.